The first-order chi connectivity index (χ1) is 4.41. The van der Waals surface area contributed by atoms with Gasteiger partial charge in [-0.05, 0) is 13.0 Å². The zero-order chi connectivity index (χ0) is 6.95. The second kappa shape index (κ2) is 7.88. The molecule has 9 heavy (non-hydrogen) atoms. The summed E-state index contributed by atoms with van der Waals surface area (Å²) in [7, 11) is 0. The third-order valence-electron chi connectivity index (χ3n) is 0.976. The van der Waals surface area contributed by atoms with Gasteiger partial charge in [0.15, 0.2) is 0 Å². The van der Waals surface area contributed by atoms with Crippen LogP contribution in [0.25, 0.3) is 0 Å². The normalized spacial score (nSPS) is 10.0. The van der Waals surface area contributed by atoms with Crippen molar-refractivity contribution in [3.63, 3.8) is 0 Å². The minimum Gasteiger partial charge on any atom is -0.318 e. The van der Waals surface area contributed by atoms with Crippen molar-refractivity contribution in [2.45, 2.75) is 6.42 Å². The van der Waals surface area contributed by atoms with Gasteiger partial charge in [0.2, 0.25) is 0 Å². The molecule has 0 saturated heterocycles. The summed E-state index contributed by atoms with van der Waals surface area (Å²) in [5.41, 5.74) is 5.19. The molecule has 0 saturated carbocycles. The molecule has 0 aliphatic rings. The van der Waals surface area contributed by atoms with Crippen LogP contribution in [0.15, 0.2) is 0 Å². The molecular weight excluding hydrogens is 114 g/mol. The maximum atomic E-state index is 5.19. The van der Waals surface area contributed by atoms with Crippen molar-refractivity contribution in [2.24, 2.45) is 5.73 Å². The highest BCUT2D eigenvalue weighted by atomic mass is 15.0. The Balaban J connectivity index is 2.60. The van der Waals surface area contributed by atoms with Crippen molar-refractivity contribution >= 4 is 0 Å². The summed E-state index contributed by atoms with van der Waals surface area (Å²) in [4.78, 5) is 0. The van der Waals surface area contributed by atoms with Crippen LogP contribution in [0.4, 0.5) is 0 Å². The molecule has 0 unspecified atom stereocenters. The van der Waals surface area contributed by atoms with Gasteiger partial charge in [-0.25, -0.2) is 0 Å². The Hall–Kier alpha value is -0.120. The van der Waals surface area contributed by atoms with Gasteiger partial charge in [0.1, 0.15) is 0 Å². The number of hydrogen-bond donors (Lipinski definition) is 3. The molecule has 0 rings (SSSR count). The smallest absolute Gasteiger partial charge is 0.0429 e. The predicted octanol–water partition coefficient (Wildman–Crippen LogP) is -0.694. The summed E-state index contributed by atoms with van der Waals surface area (Å²) in [6.07, 6.45) is 0.947. The summed E-state index contributed by atoms with van der Waals surface area (Å²) in [6, 6.07) is 0. The zero-order valence-electron chi connectivity index (χ0n) is 5.82. The molecule has 3 heteroatoms. The third kappa shape index (κ3) is 7.88. The van der Waals surface area contributed by atoms with E-state index in [1.54, 1.807) is 0 Å². The molecule has 55 valence electrons. The van der Waals surface area contributed by atoms with Crippen LogP contribution in [0, 0.1) is 6.92 Å². The van der Waals surface area contributed by atoms with E-state index in [4.69, 9.17) is 5.73 Å². The van der Waals surface area contributed by atoms with Gasteiger partial charge >= 0.3 is 0 Å². The lowest BCUT2D eigenvalue weighted by Gasteiger charge is -2.01. The summed E-state index contributed by atoms with van der Waals surface area (Å²) in [6.45, 7) is 7.17. The summed E-state index contributed by atoms with van der Waals surface area (Å²) >= 11 is 0. The number of nitrogens with one attached hydrogen (secondary N) is 2. The van der Waals surface area contributed by atoms with E-state index in [-0.39, 0.29) is 0 Å². The van der Waals surface area contributed by atoms with Crippen molar-refractivity contribution in [3.8, 4) is 0 Å². The fourth-order valence-corrected chi connectivity index (χ4v) is 0.529. The van der Waals surface area contributed by atoms with Gasteiger partial charge < -0.3 is 16.4 Å². The first-order valence-corrected chi connectivity index (χ1v) is 3.32. The highest BCUT2D eigenvalue weighted by molar-refractivity contribution is 4.50. The minimum absolute atomic E-state index is 0.562. The highest BCUT2D eigenvalue weighted by Gasteiger charge is 1.81. The Morgan fingerprint density at radius 1 is 1.11 bits per heavy atom. The summed E-state index contributed by atoms with van der Waals surface area (Å²) in [5, 5.41) is 6.19. The van der Waals surface area contributed by atoms with Crippen molar-refractivity contribution in [1.29, 1.82) is 0 Å². The Bertz CT molecular complexity index is 41.6. The Morgan fingerprint density at radius 3 is 2.33 bits per heavy atom. The molecule has 1 radical (unpaired) electrons. The van der Waals surface area contributed by atoms with Gasteiger partial charge in [0.05, 0.1) is 0 Å². The van der Waals surface area contributed by atoms with Crippen LogP contribution >= 0.6 is 0 Å². The van der Waals surface area contributed by atoms with Crippen LogP contribution in [-0.2, 0) is 0 Å². The Labute approximate surface area is 57.0 Å². The van der Waals surface area contributed by atoms with Crippen LogP contribution in [0.1, 0.15) is 6.42 Å². The molecule has 0 spiro atoms. The molecule has 3 nitrogen and oxygen atoms in total. The van der Waals surface area contributed by atoms with Crippen molar-refractivity contribution in [2.75, 3.05) is 26.3 Å². The average molecular weight is 130 g/mol. The maximum absolute atomic E-state index is 5.19. The fourth-order valence-electron chi connectivity index (χ4n) is 0.529. The lowest BCUT2D eigenvalue weighted by atomic mass is 10.5. The Morgan fingerprint density at radius 2 is 1.78 bits per heavy atom. The van der Waals surface area contributed by atoms with E-state index in [1.165, 1.54) is 0 Å². The molecule has 0 bridgehead atoms. The first-order valence-electron chi connectivity index (χ1n) is 3.32. The highest BCUT2D eigenvalue weighted by Crippen LogP contribution is 1.66. The molecule has 0 atom stereocenters. The molecule has 0 fully saturated rings. The van der Waals surface area contributed by atoms with Crippen LogP contribution < -0.4 is 16.4 Å². The van der Waals surface area contributed by atoms with E-state index in [9.17, 15) is 0 Å². The molecule has 0 aliphatic carbocycles. The van der Waals surface area contributed by atoms with E-state index in [0.717, 1.165) is 26.1 Å². The maximum Gasteiger partial charge on any atom is 0.0429 e. The topological polar surface area (TPSA) is 50.1 Å². The van der Waals surface area contributed by atoms with E-state index in [1.807, 2.05) is 0 Å². The van der Waals surface area contributed by atoms with Crippen LogP contribution in [0.3, 0.4) is 0 Å². The number of nitrogens with two attached hydrogens (primary N) is 1. The Kier molecular flexibility index (Phi) is 7.77. The molecule has 0 heterocycles. The molecule has 0 amide bonds. The lowest BCUT2D eigenvalue weighted by Crippen LogP contribution is -2.31. The van der Waals surface area contributed by atoms with E-state index < -0.39 is 0 Å². The minimum atomic E-state index is 0.562. The molecule has 0 aromatic heterocycles. The zero-order valence-corrected chi connectivity index (χ0v) is 5.82. The van der Waals surface area contributed by atoms with Crippen molar-refractivity contribution in [1.82, 2.24) is 10.6 Å². The van der Waals surface area contributed by atoms with Gasteiger partial charge in [0, 0.05) is 19.8 Å². The van der Waals surface area contributed by atoms with Gasteiger partial charge in [-0.1, -0.05) is 6.92 Å². The number of hydrogen-bond acceptors (Lipinski definition) is 3. The van der Waals surface area contributed by atoms with E-state index >= 15 is 0 Å². The monoisotopic (exact) mass is 130 g/mol. The number of rotatable bonds is 6. The van der Waals surface area contributed by atoms with Crippen LogP contribution in [0.2, 0.25) is 0 Å². The van der Waals surface area contributed by atoms with Gasteiger partial charge in [-0.2, -0.15) is 0 Å². The average Bonchev–Trinajstić information content (AvgIpc) is 1.89. The fraction of sp³-hybridized carbons (Fsp3) is 0.833. The summed E-state index contributed by atoms with van der Waals surface area (Å²) < 4.78 is 0. The van der Waals surface area contributed by atoms with Gasteiger partial charge in [0.25, 0.3) is 0 Å². The third-order valence-corrected chi connectivity index (χ3v) is 0.976. The van der Waals surface area contributed by atoms with Crippen molar-refractivity contribution in [3.05, 3.63) is 6.92 Å². The van der Waals surface area contributed by atoms with Crippen LogP contribution in [-0.4, -0.2) is 26.3 Å². The lowest BCUT2D eigenvalue weighted by molar-refractivity contribution is 0.621. The van der Waals surface area contributed by atoms with E-state index in [2.05, 4.69) is 17.6 Å². The molecule has 0 aromatic carbocycles. The van der Waals surface area contributed by atoms with Gasteiger partial charge in [-0.3, -0.25) is 0 Å². The van der Waals surface area contributed by atoms with Gasteiger partial charge in [-0.15, -0.1) is 0 Å². The second-order valence-electron chi connectivity index (χ2n) is 1.81. The largest absolute Gasteiger partial charge is 0.318 e. The molecule has 0 aromatic rings. The molecule has 4 N–H and O–H groups in total. The predicted molar refractivity (Wildman–Crippen MR) is 39.9 cm³/mol. The molecular formula is C6H16N3. The van der Waals surface area contributed by atoms with E-state index in [0.29, 0.717) is 6.67 Å². The van der Waals surface area contributed by atoms with Crippen molar-refractivity contribution < 1.29 is 0 Å². The quantitative estimate of drug-likeness (QED) is 0.329. The summed E-state index contributed by atoms with van der Waals surface area (Å²) in [5.74, 6) is 0. The first kappa shape index (κ1) is 8.88. The second-order valence-corrected chi connectivity index (χ2v) is 1.81. The SMILES string of the molecule is [CH2]CCNCCNCN. The standard InChI is InChI=1S/C6H16N3/c1-2-3-8-4-5-9-6-7/h8-9H,1-7H2. The molecule has 0 aliphatic heterocycles. The van der Waals surface area contributed by atoms with Crippen LogP contribution in [0.5, 0.6) is 0 Å².